The van der Waals surface area contributed by atoms with E-state index in [4.69, 9.17) is 15.0 Å². The average molecular weight is 675 g/mol. The van der Waals surface area contributed by atoms with Crippen LogP contribution in [0.3, 0.4) is 0 Å². The summed E-state index contributed by atoms with van der Waals surface area (Å²) >= 11 is 0. The number of allylic oxidation sites excluding steroid dienone is 3. The second-order valence-corrected chi connectivity index (χ2v) is 11.1. The number of carbonyl (C=O) groups is 6. The molecular formula is C35H54N4O9. The summed E-state index contributed by atoms with van der Waals surface area (Å²) in [5.41, 5.74) is 3.47. The second-order valence-electron chi connectivity index (χ2n) is 11.1. The van der Waals surface area contributed by atoms with Gasteiger partial charge >= 0.3 is 0 Å². The monoisotopic (exact) mass is 674 g/mol. The molecule has 6 N–H and O–H groups in total. The van der Waals surface area contributed by atoms with Gasteiger partial charge in [-0.05, 0) is 68.2 Å². The number of carboxylic acid groups (broad SMARTS) is 1. The number of fused-ring (bicyclic) bond motifs is 1. The zero-order valence-corrected chi connectivity index (χ0v) is 28.8. The number of nitrogens with one attached hydrogen (secondary N) is 3. The Morgan fingerprint density at radius 1 is 0.979 bits per heavy atom. The molecule has 2 aliphatic carbocycles. The molecule has 0 aliphatic heterocycles. The maximum Gasteiger partial charge on any atom is 0.290 e. The van der Waals surface area contributed by atoms with Gasteiger partial charge < -0.3 is 31.0 Å². The minimum absolute atomic E-state index is 0.0302. The Kier molecular flexibility index (Phi) is 23.6. The van der Waals surface area contributed by atoms with Crippen molar-refractivity contribution >= 4 is 42.8 Å². The van der Waals surface area contributed by atoms with Gasteiger partial charge in [-0.25, -0.2) is 5.06 Å². The molecule has 0 bridgehead atoms. The van der Waals surface area contributed by atoms with Gasteiger partial charge in [-0.2, -0.15) is 0 Å². The SMILES string of the molecule is CCC(C=O)NC.CCCCCC(C(=O)NCNC(=O)C1=CC=C(c2cccc(C=O)c2)C2CCC12)C(CC)N(O)C=O.CO.O=CO. The Morgan fingerprint density at radius 3 is 2.12 bits per heavy atom. The van der Waals surface area contributed by atoms with Crippen LogP contribution >= 0.6 is 0 Å². The summed E-state index contributed by atoms with van der Waals surface area (Å²) in [6.45, 7) is 5.58. The molecule has 0 saturated heterocycles. The highest BCUT2D eigenvalue weighted by atomic mass is 16.5. The highest BCUT2D eigenvalue weighted by molar-refractivity contribution is 5.96. The van der Waals surface area contributed by atoms with Gasteiger partial charge in [0.1, 0.15) is 12.6 Å². The van der Waals surface area contributed by atoms with Gasteiger partial charge in [-0.15, -0.1) is 0 Å². The van der Waals surface area contributed by atoms with Crippen molar-refractivity contribution in [2.24, 2.45) is 17.8 Å². The molecule has 0 spiro atoms. The molecule has 268 valence electrons. The average Bonchev–Trinajstić information content (AvgIpc) is 3.10. The largest absolute Gasteiger partial charge is 0.483 e. The molecule has 5 atom stereocenters. The van der Waals surface area contributed by atoms with Crippen LogP contribution in [0.5, 0.6) is 0 Å². The Bertz CT molecular complexity index is 1200. The van der Waals surface area contributed by atoms with Gasteiger partial charge in [-0.1, -0.05) is 70.4 Å². The molecule has 0 heterocycles. The summed E-state index contributed by atoms with van der Waals surface area (Å²) in [6.07, 6.45) is 12.4. The van der Waals surface area contributed by atoms with Crippen molar-refractivity contribution < 1.29 is 44.2 Å². The lowest BCUT2D eigenvalue weighted by Gasteiger charge is -2.42. The number of unbranched alkanes of at least 4 members (excludes halogenated alkanes) is 2. The number of carbonyl (C=O) groups excluding carboxylic acids is 5. The molecular weight excluding hydrogens is 620 g/mol. The minimum Gasteiger partial charge on any atom is -0.483 e. The zero-order chi connectivity index (χ0) is 36.5. The van der Waals surface area contributed by atoms with Crippen LogP contribution in [-0.2, 0) is 24.0 Å². The highest BCUT2D eigenvalue weighted by Gasteiger charge is 2.40. The highest BCUT2D eigenvalue weighted by Crippen LogP contribution is 2.49. The van der Waals surface area contributed by atoms with E-state index in [1.54, 1.807) is 13.1 Å². The Hall–Kier alpha value is -4.20. The van der Waals surface area contributed by atoms with Crippen molar-refractivity contribution in [2.75, 3.05) is 20.8 Å². The van der Waals surface area contributed by atoms with Crippen LogP contribution in [0, 0.1) is 17.8 Å². The first-order valence-corrected chi connectivity index (χ1v) is 16.3. The first-order valence-electron chi connectivity index (χ1n) is 16.3. The number of hydroxylamine groups is 2. The van der Waals surface area contributed by atoms with Gasteiger partial charge in [0.05, 0.1) is 24.7 Å². The van der Waals surface area contributed by atoms with Crippen molar-refractivity contribution in [1.82, 2.24) is 21.0 Å². The van der Waals surface area contributed by atoms with Gasteiger partial charge in [0.2, 0.25) is 18.2 Å². The number of rotatable bonds is 17. The standard InChI is InChI=1S/C28H37N3O5.C5H11NO.CH2O2.CH4O/c1-3-5-6-10-25(26(4-2)31(36)18-33)28(35)30-17-29-27(34)24-14-11-21(22-12-13-23(22)24)20-9-7-8-19(15-20)16-32;1-3-5(4-7)6-2;2-1-3;1-2/h7-9,11,14-16,18,22-23,25-26,36H,3-6,10,12-13,17H2,1-2H3,(H,29,34)(H,30,35);4-6H,3H2,1-2H3;1H,(H,2,3);2H,1H3. The number of aliphatic hydroxyl groups is 1. The van der Waals surface area contributed by atoms with Crippen molar-refractivity contribution in [3.05, 3.63) is 53.1 Å². The van der Waals surface area contributed by atoms with E-state index in [-0.39, 0.29) is 42.8 Å². The molecule has 2 aliphatic rings. The number of aliphatic hydroxyl groups excluding tert-OH is 1. The quantitative estimate of drug-likeness (QED) is 0.0468. The van der Waals surface area contributed by atoms with E-state index < -0.39 is 12.0 Å². The summed E-state index contributed by atoms with van der Waals surface area (Å²) < 4.78 is 0. The smallest absolute Gasteiger partial charge is 0.290 e. The molecule has 3 rings (SSSR count). The molecule has 5 unspecified atom stereocenters. The number of hydrogen-bond acceptors (Lipinski definition) is 9. The maximum absolute atomic E-state index is 12.9. The van der Waals surface area contributed by atoms with Crippen LogP contribution in [0.2, 0.25) is 0 Å². The van der Waals surface area contributed by atoms with E-state index in [0.29, 0.717) is 35.5 Å². The normalized spacial score (nSPS) is 17.3. The number of hydrogen-bond donors (Lipinski definition) is 6. The van der Waals surface area contributed by atoms with Crippen molar-refractivity contribution in [2.45, 2.75) is 84.2 Å². The molecule has 1 aromatic rings. The fraction of sp³-hybridized carbons (Fsp3) is 0.543. The van der Waals surface area contributed by atoms with E-state index in [0.717, 1.165) is 69.3 Å². The van der Waals surface area contributed by atoms with E-state index >= 15 is 0 Å². The summed E-state index contributed by atoms with van der Waals surface area (Å²) in [5, 5.41) is 32.8. The number of aldehydes is 2. The molecule has 1 saturated carbocycles. The third kappa shape index (κ3) is 13.9. The fourth-order valence-corrected chi connectivity index (χ4v) is 5.68. The molecule has 13 heteroatoms. The van der Waals surface area contributed by atoms with Gasteiger partial charge in [0.25, 0.3) is 6.47 Å². The molecule has 0 radical (unpaired) electrons. The predicted octanol–water partition coefficient (Wildman–Crippen LogP) is 3.35. The number of benzene rings is 1. The van der Waals surface area contributed by atoms with Crippen LogP contribution < -0.4 is 16.0 Å². The Balaban J connectivity index is 0.00000159. The summed E-state index contributed by atoms with van der Waals surface area (Å²) in [6, 6.07) is 6.94. The zero-order valence-electron chi connectivity index (χ0n) is 28.8. The van der Waals surface area contributed by atoms with Crippen molar-refractivity contribution in [1.29, 1.82) is 0 Å². The van der Waals surface area contributed by atoms with Gasteiger partial charge in [-0.3, -0.25) is 29.2 Å². The topological polar surface area (TPSA) is 202 Å². The summed E-state index contributed by atoms with van der Waals surface area (Å²) in [7, 11) is 2.78. The molecule has 1 aromatic carbocycles. The van der Waals surface area contributed by atoms with Crippen molar-refractivity contribution in [3.8, 4) is 0 Å². The van der Waals surface area contributed by atoms with Crippen LogP contribution in [0.25, 0.3) is 5.57 Å². The Labute approximate surface area is 283 Å². The maximum atomic E-state index is 12.9. The fourth-order valence-electron chi connectivity index (χ4n) is 5.68. The second kappa shape index (κ2) is 25.8. The minimum atomic E-state index is -0.617. The Morgan fingerprint density at radius 2 is 1.65 bits per heavy atom. The number of nitrogens with zero attached hydrogens (tertiary/aromatic N) is 1. The summed E-state index contributed by atoms with van der Waals surface area (Å²) in [4.78, 5) is 66.4. The first kappa shape index (κ1) is 43.8. The lowest BCUT2D eigenvalue weighted by Crippen LogP contribution is -2.48. The lowest BCUT2D eigenvalue weighted by atomic mass is 9.62. The van der Waals surface area contributed by atoms with Crippen molar-refractivity contribution in [3.63, 3.8) is 0 Å². The predicted molar refractivity (Wildman–Crippen MR) is 183 cm³/mol. The van der Waals surface area contributed by atoms with E-state index in [2.05, 4.69) is 22.9 Å². The first-order chi connectivity index (χ1) is 23.2. The van der Waals surface area contributed by atoms with Crippen LogP contribution in [0.15, 0.2) is 42.0 Å². The van der Waals surface area contributed by atoms with E-state index in [9.17, 15) is 29.2 Å². The van der Waals surface area contributed by atoms with Gasteiger partial charge in [0.15, 0.2) is 0 Å². The van der Waals surface area contributed by atoms with Gasteiger partial charge in [0, 0.05) is 18.2 Å². The number of likely N-dealkylation sites (N-methyl/N-ethyl adjacent to an activating group) is 1. The lowest BCUT2D eigenvalue weighted by molar-refractivity contribution is -0.168. The van der Waals surface area contributed by atoms with E-state index in [1.165, 1.54) is 0 Å². The molecule has 13 nitrogen and oxygen atoms in total. The number of amides is 3. The van der Waals surface area contributed by atoms with Crippen LogP contribution in [-0.4, -0.2) is 90.7 Å². The van der Waals surface area contributed by atoms with Crippen LogP contribution in [0.4, 0.5) is 0 Å². The summed E-state index contributed by atoms with van der Waals surface area (Å²) in [5.74, 6) is -0.725. The molecule has 3 amide bonds. The molecule has 48 heavy (non-hydrogen) atoms. The third-order valence-corrected chi connectivity index (χ3v) is 8.41. The van der Waals surface area contributed by atoms with Crippen LogP contribution in [0.1, 0.15) is 88.1 Å². The molecule has 0 aromatic heterocycles. The third-order valence-electron chi connectivity index (χ3n) is 8.41. The van der Waals surface area contributed by atoms with E-state index in [1.807, 2.05) is 44.2 Å². The molecule has 1 fully saturated rings.